The predicted molar refractivity (Wildman–Crippen MR) is 295 cm³/mol. The molecule has 12 aliphatic rings. The summed E-state index contributed by atoms with van der Waals surface area (Å²) in [5.41, 5.74) is 12.9. The van der Waals surface area contributed by atoms with Crippen molar-refractivity contribution in [3.63, 3.8) is 0 Å². The molecule has 5 aliphatic heterocycles. The maximum atomic E-state index is 14.6. The van der Waals surface area contributed by atoms with Crippen molar-refractivity contribution >= 4 is 52.0 Å². The van der Waals surface area contributed by atoms with Gasteiger partial charge < -0.3 is 45.1 Å². The summed E-state index contributed by atoms with van der Waals surface area (Å²) < 4.78 is 35.9. The Labute approximate surface area is 455 Å². The Bertz CT molecular complexity index is 3100. The van der Waals surface area contributed by atoms with Gasteiger partial charge in [0.1, 0.15) is 50.6 Å². The zero-order chi connectivity index (χ0) is 53.7. The molecule has 412 valence electrons. The number of alkyl halides is 2. The van der Waals surface area contributed by atoms with Crippen molar-refractivity contribution in [1.29, 1.82) is 0 Å². The van der Waals surface area contributed by atoms with Crippen LogP contribution < -0.4 is 20.9 Å². The SMILES string of the molecule is CC1C2CCC[C@H]3C[C@@H](c4nc5ccc(C6=CC7=CC[C@@H]6[C@H](C)Cc6ccc(c(-c8ccc9c(c8)N[C@H]([C@@H]8C[C@@H]%10CCCC%11C(C)[C@H](NC(=O)OCCF)C(=O)N8[C@@H]%11%10)N9C)c6)CC7)cc5[nH]4)N(C(=O)[C@H]1NC(=O)OCCF)[C@@H]23. The van der Waals surface area contributed by atoms with Crippen LogP contribution in [0, 0.1) is 47.3 Å². The fourth-order valence-electron chi connectivity index (χ4n) is 16.8. The number of aryl methyl sites for hydroxylation is 1. The first kappa shape index (κ1) is 51.0. The van der Waals surface area contributed by atoms with Gasteiger partial charge in [0.2, 0.25) is 11.8 Å². The van der Waals surface area contributed by atoms with E-state index in [2.05, 4.69) is 125 Å². The third kappa shape index (κ3) is 8.63. The number of ether oxygens (including phenoxy) is 2. The number of carbonyl (C=O) groups excluding carboxylic acids is 4. The smallest absolute Gasteiger partial charge is 0.407 e. The van der Waals surface area contributed by atoms with Gasteiger partial charge >= 0.3 is 12.2 Å². The number of nitrogens with one attached hydrogen (secondary N) is 4. The lowest BCUT2D eigenvalue weighted by molar-refractivity contribution is -0.148. The van der Waals surface area contributed by atoms with E-state index in [0.717, 1.165) is 105 Å². The molecular weight excluding hydrogens is 991 g/mol. The number of hydrogen-bond acceptors (Lipinski definition) is 9. The number of aromatic nitrogens is 2. The van der Waals surface area contributed by atoms with E-state index < -0.39 is 37.6 Å². The lowest BCUT2D eigenvalue weighted by Crippen LogP contribution is -2.66. The zero-order valence-electron chi connectivity index (χ0n) is 45.3. The van der Waals surface area contributed by atoms with Crippen LogP contribution in [0.15, 0.2) is 72.3 Å². The zero-order valence-corrected chi connectivity index (χ0v) is 45.3. The highest BCUT2D eigenvalue weighted by atomic mass is 19.1. The van der Waals surface area contributed by atoms with Crippen LogP contribution in [0.2, 0.25) is 0 Å². The maximum Gasteiger partial charge on any atom is 0.407 e. The van der Waals surface area contributed by atoms with Gasteiger partial charge in [-0.3, -0.25) is 9.59 Å². The molecule has 3 aromatic carbocycles. The number of aromatic amines is 1. The number of piperidine rings is 2. The highest BCUT2D eigenvalue weighted by Gasteiger charge is 2.60. The van der Waals surface area contributed by atoms with Gasteiger partial charge in [-0.25, -0.2) is 23.4 Å². The van der Waals surface area contributed by atoms with Crippen molar-refractivity contribution in [2.45, 2.75) is 140 Å². The molecule has 4 unspecified atom stereocenters. The Balaban J connectivity index is 0.736. The van der Waals surface area contributed by atoms with Crippen molar-refractivity contribution in [3.05, 3.63) is 94.8 Å². The number of anilines is 2. The third-order valence-electron chi connectivity index (χ3n) is 20.5. The minimum Gasteiger partial charge on any atom is -0.447 e. The Morgan fingerprint density at radius 2 is 1.46 bits per heavy atom. The minimum absolute atomic E-state index is 0.0468. The van der Waals surface area contributed by atoms with Gasteiger partial charge in [0, 0.05) is 19.1 Å². The van der Waals surface area contributed by atoms with E-state index in [1.165, 1.54) is 39.0 Å². The molecule has 7 aliphatic carbocycles. The summed E-state index contributed by atoms with van der Waals surface area (Å²) in [5.74, 6) is 2.39. The van der Waals surface area contributed by atoms with Crippen LogP contribution in [0.25, 0.3) is 27.7 Å². The van der Waals surface area contributed by atoms with Gasteiger partial charge in [0.15, 0.2) is 0 Å². The molecule has 16 rings (SSSR count). The predicted octanol–water partition coefficient (Wildman–Crippen LogP) is 10.4. The lowest BCUT2D eigenvalue weighted by Gasteiger charge is -2.50. The topological polar surface area (TPSA) is 161 Å². The Hall–Kier alpha value is -6.45. The number of allylic oxidation sites excluding steroid dienone is 4. The monoisotopic (exact) mass is 1060 g/mol. The Morgan fingerprint density at radius 1 is 0.782 bits per heavy atom. The average molecular weight is 1070 g/mol. The van der Waals surface area contributed by atoms with E-state index in [-0.39, 0.29) is 79.0 Å². The molecule has 4 saturated heterocycles. The molecule has 0 radical (unpaired) electrons. The van der Waals surface area contributed by atoms with E-state index >= 15 is 0 Å². The standard InChI is InChI=1S/C62H74F2N8O6/c1-32-25-36-12-15-37(45(27-36)38-17-20-50-49(29-38)67-58(70(50)4)52-31-41-8-6-10-44-34(3)54(60(74)72(52)56(41)44)69-62(76)78-24-22-64)14-11-35-13-18-42(32)46(26-35)39-16-19-47-48(28-39)66-57(65-47)51-30-40-7-5-9-43-33(2)53(59(73)71(51)55(40)43)68-61(75)77-23-21-63/h12-13,15-17,19-20,26-29,32-34,40-44,51-56,58,67H,5-11,14,18,21-25,30-31H2,1-4H3,(H,65,66)(H,68,75)(H,69,76)/t32-,33?,34?,40+,41+,42-,43?,44?,51+,52+,53+,54+,55-,56-,58+/m1/s1. The van der Waals surface area contributed by atoms with Gasteiger partial charge in [0.05, 0.1) is 34.5 Å². The molecule has 78 heavy (non-hydrogen) atoms. The molecule has 4 amide bonds. The molecule has 0 spiro atoms. The lowest BCUT2D eigenvalue weighted by atomic mass is 9.68. The number of carbonyl (C=O) groups is 4. The molecule has 6 heterocycles. The highest BCUT2D eigenvalue weighted by Crippen LogP contribution is 2.55. The summed E-state index contributed by atoms with van der Waals surface area (Å²) in [4.78, 5) is 69.7. The third-order valence-corrected chi connectivity index (χ3v) is 20.5. The normalized spacial score (nSPS) is 33.6. The summed E-state index contributed by atoms with van der Waals surface area (Å²) in [6, 6.07) is 18.9. The second-order valence-electron chi connectivity index (χ2n) is 24.5. The number of likely N-dealkylation sites (N-methyl/N-ethyl adjacent to an activating group) is 1. The number of amides is 4. The number of hydrogen-bond donors (Lipinski definition) is 4. The molecule has 2 saturated carbocycles. The van der Waals surface area contributed by atoms with Crippen LogP contribution in [-0.2, 0) is 31.9 Å². The summed E-state index contributed by atoms with van der Waals surface area (Å²) in [5, 5.41) is 9.56. The van der Waals surface area contributed by atoms with Crippen LogP contribution in [0.4, 0.5) is 29.7 Å². The van der Waals surface area contributed by atoms with E-state index in [1.54, 1.807) is 0 Å². The van der Waals surface area contributed by atoms with Gasteiger partial charge in [-0.05, 0) is 169 Å². The molecule has 16 heteroatoms. The minimum atomic E-state index is -0.776. The van der Waals surface area contributed by atoms with Crippen molar-refractivity contribution in [2.75, 3.05) is 43.8 Å². The molecule has 4 N–H and O–H groups in total. The van der Waals surface area contributed by atoms with Crippen LogP contribution >= 0.6 is 0 Å². The maximum absolute atomic E-state index is 14.6. The number of halogens is 2. The van der Waals surface area contributed by atoms with E-state index in [1.807, 2.05) is 4.90 Å². The van der Waals surface area contributed by atoms with Gasteiger partial charge in [0.25, 0.3) is 0 Å². The van der Waals surface area contributed by atoms with Crippen molar-refractivity contribution in [2.24, 2.45) is 47.3 Å². The molecule has 1 aromatic heterocycles. The van der Waals surface area contributed by atoms with E-state index in [0.29, 0.717) is 23.7 Å². The van der Waals surface area contributed by atoms with Gasteiger partial charge in [-0.2, -0.15) is 0 Å². The quantitative estimate of drug-likeness (QED) is 0.121. The number of fused-ring (bicyclic) bond motifs is 2. The summed E-state index contributed by atoms with van der Waals surface area (Å²) >= 11 is 0. The first-order valence-electron chi connectivity index (χ1n) is 29.2. The van der Waals surface area contributed by atoms with Crippen molar-refractivity contribution < 1.29 is 37.4 Å². The molecule has 15 atom stereocenters. The fraction of sp³-hybridized carbons (Fsp3) is 0.565. The van der Waals surface area contributed by atoms with E-state index in [4.69, 9.17) is 14.5 Å². The summed E-state index contributed by atoms with van der Waals surface area (Å²) in [6.07, 6.45) is 15.0. The number of nitrogens with zero attached hydrogens (tertiary/aromatic N) is 4. The molecular formula is C62H74F2N8O6. The van der Waals surface area contributed by atoms with Crippen LogP contribution in [0.5, 0.6) is 0 Å². The molecule has 6 fully saturated rings. The summed E-state index contributed by atoms with van der Waals surface area (Å²) in [7, 11) is 2.12. The first-order valence-corrected chi connectivity index (χ1v) is 29.2. The number of H-pyrrole nitrogens is 1. The molecule has 4 bridgehead atoms. The van der Waals surface area contributed by atoms with Gasteiger partial charge in [-0.1, -0.05) is 81.7 Å². The Kier molecular flexibility index (Phi) is 13.3. The molecule has 14 nitrogen and oxygen atoms in total. The first-order chi connectivity index (χ1) is 37.9. The Morgan fingerprint density at radius 3 is 2.18 bits per heavy atom. The number of rotatable bonds is 10. The van der Waals surface area contributed by atoms with Crippen molar-refractivity contribution in [1.82, 2.24) is 30.4 Å². The number of alkyl carbamates (subject to hydrolysis) is 2. The largest absolute Gasteiger partial charge is 0.447 e. The van der Waals surface area contributed by atoms with Gasteiger partial charge in [-0.15, -0.1) is 0 Å². The second-order valence-corrected chi connectivity index (χ2v) is 24.5. The van der Waals surface area contributed by atoms with E-state index in [9.17, 15) is 28.0 Å². The average Bonchev–Trinajstić information content (AvgIpc) is 4.43. The van der Waals surface area contributed by atoms with Crippen LogP contribution in [0.1, 0.15) is 114 Å². The van der Waals surface area contributed by atoms with Crippen molar-refractivity contribution in [3.8, 4) is 11.1 Å². The number of imidazole rings is 1. The fourth-order valence-corrected chi connectivity index (χ4v) is 16.8. The summed E-state index contributed by atoms with van der Waals surface area (Å²) in [6.45, 7) is 4.30. The number of benzene rings is 3. The van der Waals surface area contributed by atoms with Crippen LogP contribution in [-0.4, -0.2) is 114 Å². The highest BCUT2D eigenvalue weighted by molar-refractivity contribution is 5.90. The van der Waals surface area contributed by atoms with Crippen LogP contribution in [0.3, 0.4) is 0 Å². The molecule has 4 aromatic rings. The second kappa shape index (κ2) is 20.3.